The molecule has 5 nitrogen and oxygen atoms in total. The summed E-state index contributed by atoms with van der Waals surface area (Å²) >= 11 is 0. The molecular formula is C13H13FN2O3. The number of aryl methyl sites for hydroxylation is 1. The molecule has 0 radical (unpaired) electrons. The molecule has 0 saturated carbocycles. The average Bonchev–Trinajstić information content (AvgIpc) is 2.69. The molecule has 2 N–H and O–H groups in total. The van der Waals surface area contributed by atoms with Gasteiger partial charge in [0, 0.05) is 5.56 Å². The number of methoxy groups -OCH3 is 1. The highest BCUT2D eigenvalue weighted by Gasteiger charge is 2.17. The van der Waals surface area contributed by atoms with E-state index in [1.54, 1.807) is 6.92 Å². The molecule has 0 fully saturated rings. The number of aliphatic carboxylic acids is 1. The van der Waals surface area contributed by atoms with Crippen LogP contribution in [-0.4, -0.2) is 28.2 Å². The summed E-state index contributed by atoms with van der Waals surface area (Å²) in [6.45, 7) is 1.71. The fourth-order valence-electron chi connectivity index (χ4n) is 1.91. The van der Waals surface area contributed by atoms with Crippen molar-refractivity contribution >= 4 is 5.97 Å². The van der Waals surface area contributed by atoms with Crippen molar-refractivity contribution in [1.29, 1.82) is 0 Å². The fourth-order valence-corrected chi connectivity index (χ4v) is 1.91. The number of nitrogens with zero attached hydrogens (tertiary/aromatic N) is 1. The van der Waals surface area contributed by atoms with E-state index in [-0.39, 0.29) is 6.42 Å². The first kappa shape index (κ1) is 13.1. The summed E-state index contributed by atoms with van der Waals surface area (Å²) in [6, 6.07) is 4.04. The number of carboxylic acids is 1. The van der Waals surface area contributed by atoms with Crippen LogP contribution in [0.15, 0.2) is 18.2 Å². The zero-order chi connectivity index (χ0) is 14.0. The first-order valence-corrected chi connectivity index (χ1v) is 5.62. The van der Waals surface area contributed by atoms with E-state index < -0.39 is 11.8 Å². The number of halogens is 1. The van der Waals surface area contributed by atoms with Gasteiger partial charge >= 0.3 is 5.97 Å². The maximum absolute atomic E-state index is 13.4. The fraction of sp³-hybridized carbons (Fsp3) is 0.231. The third-order valence-corrected chi connectivity index (χ3v) is 2.64. The Hall–Kier alpha value is -2.37. The summed E-state index contributed by atoms with van der Waals surface area (Å²) < 4.78 is 18.5. The number of hydrogen-bond acceptors (Lipinski definition) is 3. The highest BCUT2D eigenvalue weighted by Crippen LogP contribution is 2.31. The molecule has 1 heterocycles. The second-order valence-corrected chi connectivity index (χ2v) is 4.06. The van der Waals surface area contributed by atoms with Crippen LogP contribution in [0.3, 0.4) is 0 Å². The number of rotatable bonds is 4. The lowest BCUT2D eigenvalue weighted by atomic mass is 10.1. The quantitative estimate of drug-likeness (QED) is 0.887. The van der Waals surface area contributed by atoms with Gasteiger partial charge in [0.05, 0.1) is 24.9 Å². The van der Waals surface area contributed by atoms with Crippen LogP contribution >= 0.6 is 0 Å². The number of carboxylic acid groups (broad SMARTS) is 1. The van der Waals surface area contributed by atoms with Crippen LogP contribution in [0.4, 0.5) is 4.39 Å². The number of nitrogens with one attached hydrogen (secondary N) is 1. The lowest BCUT2D eigenvalue weighted by Gasteiger charge is -2.07. The largest absolute Gasteiger partial charge is 0.496 e. The van der Waals surface area contributed by atoms with Crippen molar-refractivity contribution in [1.82, 2.24) is 9.97 Å². The Kier molecular flexibility index (Phi) is 3.50. The molecule has 100 valence electrons. The highest BCUT2D eigenvalue weighted by molar-refractivity contribution is 5.76. The summed E-state index contributed by atoms with van der Waals surface area (Å²) in [4.78, 5) is 17.9. The van der Waals surface area contributed by atoms with Crippen LogP contribution < -0.4 is 4.74 Å². The molecule has 1 aromatic carbocycles. The maximum Gasteiger partial charge on any atom is 0.309 e. The Labute approximate surface area is 109 Å². The Bertz CT molecular complexity index is 622. The Morgan fingerprint density at radius 3 is 2.89 bits per heavy atom. The van der Waals surface area contributed by atoms with Gasteiger partial charge in [-0.05, 0) is 25.1 Å². The summed E-state index contributed by atoms with van der Waals surface area (Å²) in [5.41, 5.74) is 1.26. The molecule has 19 heavy (non-hydrogen) atoms. The van der Waals surface area contributed by atoms with Crippen molar-refractivity contribution < 1.29 is 19.0 Å². The molecule has 0 aliphatic carbocycles. The second kappa shape index (κ2) is 5.09. The van der Waals surface area contributed by atoms with Gasteiger partial charge in [0.15, 0.2) is 0 Å². The van der Waals surface area contributed by atoms with Crippen molar-refractivity contribution in [2.24, 2.45) is 0 Å². The molecular weight excluding hydrogens is 251 g/mol. The Morgan fingerprint density at radius 1 is 1.53 bits per heavy atom. The second-order valence-electron chi connectivity index (χ2n) is 4.06. The average molecular weight is 264 g/mol. The van der Waals surface area contributed by atoms with E-state index in [0.29, 0.717) is 28.5 Å². The molecule has 1 aromatic heterocycles. The maximum atomic E-state index is 13.4. The topological polar surface area (TPSA) is 75.2 Å². The van der Waals surface area contributed by atoms with Crippen LogP contribution in [0.1, 0.15) is 11.5 Å². The van der Waals surface area contributed by atoms with Crippen LogP contribution in [0.2, 0.25) is 0 Å². The number of aromatic nitrogens is 2. The van der Waals surface area contributed by atoms with Crippen LogP contribution in [0, 0.1) is 12.7 Å². The van der Waals surface area contributed by atoms with Crippen molar-refractivity contribution in [3.05, 3.63) is 35.5 Å². The number of benzene rings is 1. The van der Waals surface area contributed by atoms with Crippen molar-refractivity contribution in [2.75, 3.05) is 7.11 Å². The number of ether oxygens (including phenoxy) is 1. The SMILES string of the molecule is COc1ccc(F)cc1-c1nc(C)[nH]c1CC(=O)O. The Balaban J connectivity index is 2.57. The molecule has 0 spiro atoms. The Morgan fingerprint density at radius 2 is 2.26 bits per heavy atom. The molecule has 6 heteroatoms. The zero-order valence-corrected chi connectivity index (χ0v) is 10.5. The van der Waals surface area contributed by atoms with E-state index in [1.807, 2.05) is 0 Å². The van der Waals surface area contributed by atoms with Gasteiger partial charge in [-0.2, -0.15) is 0 Å². The minimum atomic E-state index is -0.986. The molecule has 0 aliphatic heterocycles. The van der Waals surface area contributed by atoms with Gasteiger partial charge in [-0.25, -0.2) is 9.37 Å². The van der Waals surface area contributed by atoms with Gasteiger partial charge in [-0.1, -0.05) is 0 Å². The van der Waals surface area contributed by atoms with E-state index in [9.17, 15) is 9.18 Å². The first-order valence-electron chi connectivity index (χ1n) is 5.62. The van der Waals surface area contributed by atoms with Gasteiger partial charge in [0.1, 0.15) is 17.4 Å². The van der Waals surface area contributed by atoms with Gasteiger partial charge in [-0.3, -0.25) is 4.79 Å². The van der Waals surface area contributed by atoms with Gasteiger partial charge < -0.3 is 14.8 Å². The smallest absolute Gasteiger partial charge is 0.309 e. The number of H-pyrrole nitrogens is 1. The summed E-state index contributed by atoms with van der Waals surface area (Å²) in [5.74, 6) is -0.407. The summed E-state index contributed by atoms with van der Waals surface area (Å²) in [6.07, 6.45) is -0.212. The third kappa shape index (κ3) is 2.73. The van der Waals surface area contributed by atoms with Crippen molar-refractivity contribution in [3.8, 4) is 17.0 Å². The van der Waals surface area contributed by atoms with Gasteiger partial charge in [-0.15, -0.1) is 0 Å². The van der Waals surface area contributed by atoms with E-state index in [0.717, 1.165) is 0 Å². The van der Waals surface area contributed by atoms with Gasteiger partial charge in [0.2, 0.25) is 0 Å². The summed E-state index contributed by atoms with van der Waals surface area (Å²) in [7, 11) is 1.47. The lowest BCUT2D eigenvalue weighted by molar-refractivity contribution is -0.136. The molecule has 2 rings (SSSR count). The molecule has 2 aromatic rings. The lowest BCUT2D eigenvalue weighted by Crippen LogP contribution is -2.02. The van der Waals surface area contributed by atoms with E-state index in [4.69, 9.17) is 9.84 Å². The minimum Gasteiger partial charge on any atom is -0.496 e. The van der Waals surface area contributed by atoms with E-state index in [1.165, 1.54) is 25.3 Å². The first-order chi connectivity index (χ1) is 9.01. The monoisotopic (exact) mass is 264 g/mol. The standard InChI is InChI=1S/C13H13FN2O3/c1-7-15-10(6-12(17)18)13(16-7)9-5-8(14)3-4-11(9)19-2/h3-5H,6H2,1-2H3,(H,15,16)(H,17,18). The molecule has 0 bridgehead atoms. The molecule has 0 amide bonds. The zero-order valence-electron chi connectivity index (χ0n) is 10.5. The van der Waals surface area contributed by atoms with Gasteiger partial charge in [0.25, 0.3) is 0 Å². The number of aromatic amines is 1. The van der Waals surface area contributed by atoms with Crippen LogP contribution in [0.5, 0.6) is 5.75 Å². The third-order valence-electron chi connectivity index (χ3n) is 2.64. The highest BCUT2D eigenvalue weighted by atomic mass is 19.1. The van der Waals surface area contributed by atoms with Crippen molar-refractivity contribution in [2.45, 2.75) is 13.3 Å². The number of carbonyl (C=O) groups is 1. The predicted octanol–water partition coefficient (Wildman–Crippen LogP) is 2.16. The predicted molar refractivity (Wildman–Crippen MR) is 66.6 cm³/mol. The van der Waals surface area contributed by atoms with E-state index in [2.05, 4.69) is 9.97 Å². The molecule has 0 saturated heterocycles. The van der Waals surface area contributed by atoms with Crippen molar-refractivity contribution in [3.63, 3.8) is 0 Å². The number of imidazole rings is 1. The normalized spacial score (nSPS) is 10.5. The van der Waals surface area contributed by atoms with Crippen LogP contribution in [0.25, 0.3) is 11.3 Å². The van der Waals surface area contributed by atoms with Crippen LogP contribution in [-0.2, 0) is 11.2 Å². The minimum absolute atomic E-state index is 0.212. The van der Waals surface area contributed by atoms with E-state index >= 15 is 0 Å². The number of hydrogen-bond donors (Lipinski definition) is 2. The molecule has 0 unspecified atom stereocenters. The molecule has 0 aliphatic rings. The summed E-state index contributed by atoms with van der Waals surface area (Å²) in [5, 5.41) is 8.88. The molecule has 0 atom stereocenters.